The Balaban J connectivity index is 2.00. The number of halogens is 1. The van der Waals surface area contributed by atoms with Crippen molar-refractivity contribution in [2.24, 2.45) is 23.2 Å². The van der Waals surface area contributed by atoms with E-state index in [4.69, 9.17) is 5.11 Å². The molecule has 0 radical (unpaired) electrons. The molecule has 0 aromatic rings. The summed E-state index contributed by atoms with van der Waals surface area (Å²) < 4.78 is 0. The minimum Gasteiger partial charge on any atom is -0.481 e. The molecule has 0 bridgehead atoms. The van der Waals surface area contributed by atoms with Crippen LogP contribution in [-0.2, 0) is 4.79 Å². The van der Waals surface area contributed by atoms with E-state index in [2.05, 4.69) is 34.8 Å². The summed E-state index contributed by atoms with van der Waals surface area (Å²) in [5, 5.41) is 8.78. The molecule has 0 amide bonds. The lowest BCUT2D eigenvalue weighted by atomic mass is 9.61. The van der Waals surface area contributed by atoms with Gasteiger partial charge in [0.2, 0.25) is 0 Å². The van der Waals surface area contributed by atoms with Gasteiger partial charge in [0, 0.05) is 6.42 Å². The Kier molecular flexibility index (Phi) is 5.33. The molecule has 0 spiro atoms. The number of rotatable bonds is 5. The topological polar surface area (TPSA) is 37.3 Å². The van der Waals surface area contributed by atoms with Gasteiger partial charge in [0.15, 0.2) is 0 Å². The Labute approximate surface area is 131 Å². The highest BCUT2D eigenvalue weighted by Gasteiger charge is 2.50. The molecule has 0 aromatic carbocycles. The maximum absolute atomic E-state index is 10.7. The number of fused-ring (bicyclic) bond motifs is 1. The van der Waals surface area contributed by atoms with Crippen LogP contribution in [0.3, 0.4) is 0 Å². The largest absolute Gasteiger partial charge is 0.481 e. The fourth-order valence-electron chi connectivity index (χ4n) is 4.92. The summed E-state index contributed by atoms with van der Waals surface area (Å²) >= 11 is 3.56. The standard InChI is InChI=1S/C17H27BrO2/c1-12(5-3-7-16(19)20)14-8-9-15-13(11-18)6-4-10-17(14,15)2/h11-12,14-15H,3-10H2,1-2H3,(H,19,20)/b13-11+/t12-,14-,15+,17-/m1/s1. The molecule has 2 nitrogen and oxygen atoms in total. The molecule has 2 saturated carbocycles. The second-order valence-corrected chi connectivity index (χ2v) is 7.50. The van der Waals surface area contributed by atoms with E-state index in [9.17, 15) is 4.79 Å². The van der Waals surface area contributed by atoms with E-state index < -0.39 is 5.97 Å². The minimum atomic E-state index is -0.658. The average Bonchev–Trinajstić information content (AvgIpc) is 2.75. The molecule has 114 valence electrons. The van der Waals surface area contributed by atoms with Crippen LogP contribution in [-0.4, -0.2) is 11.1 Å². The molecule has 2 fully saturated rings. The van der Waals surface area contributed by atoms with E-state index in [1.54, 1.807) is 5.57 Å². The Morgan fingerprint density at radius 3 is 2.95 bits per heavy atom. The molecule has 3 heteroatoms. The van der Waals surface area contributed by atoms with E-state index >= 15 is 0 Å². The van der Waals surface area contributed by atoms with Crippen molar-refractivity contribution in [1.29, 1.82) is 0 Å². The smallest absolute Gasteiger partial charge is 0.303 e. The molecule has 0 aromatic heterocycles. The maximum atomic E-state index is 10.7. The van der Waals surface area contributed by atoms with Crippen LogP contribution in [0.15, 0.2) is 10.6 Å². The Hall–Kier alpha value is -0.310. The average molecular weight is 343 g/mol. The predicted molar refractivity (Wildman–Crippen MR) is 85.8 cm³/mol. The van der Waals surface area contributed by atoms with Crippen molar-refractivity contribution in [2.45, 2.75) is 65.2 Å². The molecular weight excluding hydrogens is 316 g/mol. The lowest BCUT2D eigenvalue weighted by molar-refractivity contribution is -0.137. The van der Waals surface area contributed by atoms with Crippen LogP contribution in [0.4, 0.5) is 0 Å². The number of carbonyl (C=O) groups is 1. The van der Waals surface area contributed by atoms with Gasteiger partial charge in [-0.05, 0) is 73.1 Å². The number of allylic oxidation sites excluding steroid dienone is 1. The second kappa shape index (κ2) is 6.64. The van der Waals surface area contributed by atoms with Crippen LogP contribution in [0.2, 0.25) is 0 Å². The van der Waals surface area contributed by atoms with Gasteiger partial charge in [-0.2, -0.15) is 0 Å². The van der Waals surface area contributed by atoms with Gasteiger partial charge >= 0.3 is 5.97 Å². The van der Waals surface area contributed by atoms with Gasteiger partial charge in [0.1, 0.15) is 0 Å². The van der Waals surface area contributed by atoms with Gasteiger partial charge in [0.25, 0.3) is 0 Å². The second-order valence-electron chi connectivity index (χ2n) is 7.04. The molecule has 20 heavy (non-hydrogen) atoms. The molecule has 0 unspecified atom stereocenters. The van der Waals surface area contributed by atoms with Crippen LogP contribution in [0.25, 0.3) is 0 Å². The highest BCUT2D eigenvalue weighted by atomic mass is 79.9. The maximum Gasteiger partial charge on any atom is 0.303 e. The van der Waals surface area contributed by atoms with Crippen molar-refractivity contribution in [2.75, 3.05) is 0 Å². The first-order valence-electron chi connectivity index (χ1n) is 8.00. The van der Waals surface area contributed by atoms with Gasteiger partial charge < -0.3 is 5.11 Å². The summed E-state index contributed by atoms with van der Waals surface area (Å²) in [5.41, 5.74) is 2.06. The van der Waals surface area contributed by atoms with Crippen molar-refractivity contribution in [3.8, 4) is 0 Å². The summed E-state index contributed by atoms with van der Waals surface area (Å²) in [6, 6.07) is 0. The van der Waals surface area contributed by atoms with Crippen LogP contribution >= 0.6 is 15.9 Å². The number of hydrogen-bond donors (Lipinski definition) is 1. The number of hydrogen-bond acceptors (Lipinski definition) is 1. The molecule has 0 aliphatic heterocycles. The Morgan fingerprint density at radius 2 is 2.30 bits per heavy atom. The van der Waals surface area contributed by atoms with E-state index in [1.807, 2.05) is 0 Å². The predicted octanol–water partition coefficient (Wildman–Crippen LogP) is 5.37. The third kappa shape index (κ3) is 3.13. The fourth-order valence-corrected chi connectivity index (χ4v) is 5.47. The molecule has 2 aliphatic rings. The summed E-state index contributed by atoms with van der Waals surface area (Å²) in [6.07, 6.45) is 8.76. The lowest BCUT2D eigenvalue weighted by Crippen LogP contribution is -2.35. The highest BCUT2D eigenvalue weighted by Crippen LogP contribution is 2.59. The van der Waals surface area contributed by atoms with E-state index in [1.165, 1.54) is 32.1 Å². The zero-order valence-corrected chi connectivity index (χ0v) is 14.3. The van der Waals surface area contributed by atoms with Gasteiger partial charge in [-0.25, -0.2) is 0 Å². The molecule has 2 rings (SSSR count). The Morgan fingerprint density at radius 1 is 1.55 bits per heavy atom. The van der Waals surface area contributed by atoms with E-state index in [-0.39, 0.29) is 0 Å². The zero-order valence-electron chi connectivity index (χ0n) is 12.7. The summed E-state index contributed by atoms with van der Waals surface area (Å²) in [6.45, 7) is 4.82. The zero-order chi connectivity index (χ0) is 14.8. The summed E-state index contributed by atoms with van der Waals surface area (Å²) in [4.78, 5) is 12.8. The lowest BCUT2D eigenvalue weighted by Gasteiger charge is -2.44. The molecule has 1 N–H and O–H groups in total. The minimum absolute atomic E-state index is 0.323. The molecule has 0 saturated heterocycles. The van der Waals surface area contributed by atoms with Crippen molar-refractivity contribution in [1.82, 2.24) is 0 Å². The molecule has 2 aliphatic carbocycles. The SMILES string of the molecule is C[C@H](CCCC(=O)O)[C@H]1CC[C@H]2/C(=C/Br)CCC[C@]12C. The molecule has 4 atom stereocenters. The van der Waals surface area contributed by atoms with Crippen molar-refractivity contribution in [3.05, 3.63) is 10.6 Å². The third-order valence-electron chi connectivity index (χ3n) is 5.92. The van der Waals surface area contributed by atoms with Crippen LogP contribution in [0, 0.1) is 23.2 Å². The summed E-state index contributed by atoms with van der Waals surface area (Å²) in [7, 11) is 0. The van der Waals surface area contributed by atoms with Crippen LogP contribution in [0.1, 0.15) is 65.2 Å². The molecule has 0 heterocycles. The van der Waals surface area contributed by atoms with Gasteiger partial charge in [-0.3, -0.25) is 4.79 Å². The van der Waals surface area contributed by atoms with Gasteiger partial charge in [0.05, 0.1) is 0 Å². The fraction of sp³-hybridized carbons (Fsp3) is 0.824. The van der Waals surface area contributed by atoms with Crippen LogP contribution in [0.5, 0.6) is 0 Å². The van der Waals surface area contributed by atoms with E-state index in [0.717, 1.165) is 24.7 Å². The van der Waals surface area contributed by atoms with Gasteiger partial charge in [-0.15, -0.1) is 0 Å². The number of carboxylic acid groups (broad SMARTS) is 1. The quantitative estimate of drug-likeness (QED) is 0.728. The van der Waals surface area contributed by atoms with Crippen molar-refractivity contribution < 1.29 is 9.90 Å². The number of aliphatic carboxylic acids is 1. The normalized spacial score (nSPS) is 36.9. The van der Waals surface area contributed by atoms with E-state index in [0.29, 0.717) is 17.8 Å². The number of carboxylic acids is 1. The first-order valence-corrected chi connectivity index (χ1v) is 8.91. The highest BCUT2D eigenvalue weighted by molar-refractivity contribution is 9.11. The monoisotopic (exact) mass is 342 g/mol. The third-order valence-corrected chi connectivity index (χ3v) is 6.50. The molecular formula is C17H27BrO2. The van der Waals surface area contributed by atoms with Gasteiger partial charge in [-0.1, -0.05) is 35.4 Å². The van der Waals surface area contributed by atoms with Crippen LogP contribution < -0.4 is 0 Å². The van der Waals surface area contributed by atoms with Crippen molar-refractivity contribution >= 4 is 21.9 Å². The summed E-state index contributed by atoms with van der Waals surface area (Å²) in [5.74, 6) is 1.51. The van der Waals surface area contributed by atoms with Crippen molar-refractivity contribution in [3.63, 3.8) is 0 Å². The Bertz CT molecular complexity index is 390. The first kappa shape index (κ1) is 16.1. The first-order chi connectivity index (χ1) is 9.49.